The lowest BCUT2D eigenvalue weighted by Crippen LogP contribution is -3.08. The maximum absolute atomic E-state index is 12.4. The van der Waals surface area contributed by atoms with Gasteiger partial charge in [0.1, 0.15) is 6.54 Å². The topological polar surface area (TPSA) is 33.5 Å². The third kappa shape index (κ3) is 3.51. The molecule has 4 fully saturated rings. The number of likely N-dealkylation sites (N-methyl/N-ethyl adjacent to an activating group) is 1. The van der Waals surface area contributed by atoms with Gasteiger partial charge in [-0.15, -0.1) is 0 Å². The molecule has 1 atom stereocenters. The Labute approximate surface area is 145 Å². The van der Waals surface area contributed by atoms with E-state index in [1.165, 1.54) is 49.0 Å². The van der Waals surface area contributed by atoms with Gasteiger partial charge in [0.2, 0.25) is 0 Å². The Morgan fingerprint density at radius 3 is 2.25 bits per heavy atom. The van der Waals surface area contributed by atoms with Gasteiger partial charge in [-0.1, -0.05) is 30.3 Å². The molecule has 1 unspecified atom stereocenters. The molecule has 1 aromatic rings. The summed E-state index contributed by atoms with van der Waals surface area (Å²) in [7, 11) is 2.11. The normalized spacial score (nSPS) is 35.0. The van der Waals surface area contributed by atoms with Gasteiger partial charge in [-0.2, -0.15) is 0 Å². The first-order chi connectivity index (χ1) is 11.6. The van der Waals surface area contributed by atoms with E-state index >= 15 is 0 Å². The highest BCUT2D eigenvalue weighted by atomic mass is 16.2. The first kappa shape index (κ1) is 16.1. The lowest BCUT2D eigenvalue weighted by molar-refractivity contribution is -0.885. The zero-order chi connectivity index (χ0) is 16.6. The van der Waals surface area contributed by atoms with E-state index in [9.17, 15) is 4.79 Å². The van der Waals surface area contributed by atoms with Crippen molar-refractivity contribution in [3.63, 3.8) is 0 Å². The Morgan fingerprint density at radius 1 is 1.08 bits per heavy atom. The van der Waals surface area contributed by atoms with Crippen LogP contribution < -0.4 is 10.2 Å². The zero-order valence-electron chi connectivity index (χ0n) is 14.9. The van der Waals surface area contributed by atoms with Gasteiger partial charge in [0.25, 0.3) is 5.91 Å². The number of nitrogens with one attached hydrogen (secondary N) is 2. The van der Waals surface area contributed by atoms with Crippen molar-refractivity contribution in [1.29, 1.82) is 0 Å². The summed E-state index contributed by atoms with van der Waals surface area (Å²) in [6, 6.07) is 10.4. The van der Waals surface area contributed by atoms with Gasteiger partial charge in [0.05, 0.1) is 7.05 Å². The lowest BCUT2D eigenvalue weighted by Gasteiger charge is -2.56. The van der Waals surface area contributed by atoms with Gasteiger partial charge in [-0.3, -0.25) is 4.79 Å². The van der Waals surface area contributed by atoms with Crippen molar-refractivity contribution < 1.29 is 9.69 Å². The minimum absolute atomic E-state index is 0.221. The predicted molar refractivity (Wildman–Crippen MR) is 95.5 cm³/mol. The van der Waals surface area contributed by atoms with Crippen LogP contribution in [0.15, 0.2) is 30.3 Å². The van der Waals surface area contributed by atoms with Crippen molar-refractivity contribution >= 4 is 5.91 Å². The smallest absolute Gasteiger partial charge is 0.275 e. The molecule has 0 radical (unpaired) electrons. The second-order valence-corrected chi connectivity index (χ2v) is 8.99. The molecule has 0 aliphatic heterocycles. The van der Waals surface area contributed by atoms with E-state index in [0.29, 0.717) is 12.0 Å². The Balaban J connectivity index is 1.26. The number of hydrogen-bond donors (Lipinski definition) is 2. The molecule has 3 heteroatoms. The number of amides is 1. The summed E-state index contributed by atoms with van der Waals surface area (Å²) in [5.41, 5.74) is 1.74. The molecule has 4 aliphatic carbocycles. The number of quaternary nitrogens is 1. The monoisotopic (exact) mass is 327 g/mol. The van der Waals surface area contributed by atoms with E-state index in [4.69, 9.17) is 0 Å². The fourth-order valence-corrected chi connectivity index (χ4v) is 6.14. The molecule has 5 rings (SSSR count). The molecule has 4 bridgehead atoms. The molecule has 1 amide bonds. The van der Waals surface area contributed by atoms with Crippen molar-refractivity contribution in [2.75, 3.05) is 20.1 Å². The first-order valence-corrected chi connectivity index (χ1v) is 9.72. The fourth-order valence-electron chi connectivity index (χ4n) is 6.14. The molecule has 2 N–H and O–H groups in total. The summed E-state index contributed by atoms with van der Waals surface area (Å²) >= 11 is 0. The van der Waals surface area contributed by atoms with E-state index in [2.05, 4.69) is 36.6 Å². The lowest BCUT2D eigenvalue weighted by atomic mass is 9.49. The van der Waals surface area contributed by atoms with Crippen LogP contribution in [-0.4, -0.2) is 26.0 Å². The number of rotatable bonds is 6. The second kappa shape index (κ2) is 6.51. The van der Waals surface area contributed by atoms with E-state index in [-0.39, 0.29) is 5.91 Å². The SMILES string of the molecule is C[NH+](CC(=O)NCC12CC3CC(CC(C3)C1)C2)Cc1ccccc1. The average molecular weight is 327 g/mol. The van der Waals surface area contributed by atoms with Gasteiger partial charge in [-0.25, -0.2) is 0 Å². The van der Waals surface area contributed by atoms with Gasteiger partial charge in [-0.05, 0) is 61.7 Å². The van der Waals surface area contributed by atoms with Crippen molar-refractivity contribution in [2.24, 2.45) is 23.2 Å². The number of carbonyl (C=O) groups excluding carboxylic acids is 1. The Kier molecular flexibility index (Phi) is 4.38. The Bertz CT molecular complexity index is 547. The highest BCUT2D eigenvalue weighted by Crippen LogP contribution is 2.59. The first-order valence-electron chi connectivity index (χ1n) is 9.72. The minimum atomic E-state index is 0.221. The number of benzene rings is 1. The van der Waals surface area contributed by atoms with Crippen LogP contribution in [0.25, 0.3) is 0 Å². The predicted octanol–water partition coefficient (Wildman–Crippen LogP) is 2.03. The molecule has 0 spiro atoms. The molecule has 1 aromatic carbocycles. The fraction of sp³-hybridized carbons (Fsp3) is 0.667. The van der Waals surface area contributed by atoms with Crippen LogP contribution in [0, 0.1) is 23.2 Å². The van der Waals surface area contributed by atoms with E-state index in [1.807, 2.05) is 6.07 Å². The highest BCUT2D eigenvalue weighted by molar-refractivity contribution is 5.76. The Morgan fingerprint density at radius 2 is 1.67 bits per heavy atom. The summed E-state index contributed by atoms with van der Waals surface area (Å²) in [6.45, 7) is 2.40. The highest BCUT2D eigenvalue weighted by Gasteiger charge is 2.50. The van der Waals surface area contributed by atoms with Crippen molar-refractivity contribution in [2.45, 2.75) is 45.1 Å². The maximum atomic E-state index is 12.4. The maximum Gasteiger partial charge on any atom is 0.275 e. The molecule has 0 heterocycles. The van der Waals surface area contributed by atoms with Crippen LogP contribution in [0.2, 0.25) is 0 Å². The number of hydrogen-bond acceptors (Lipinski definition) is 1. The molecular weight excluding hydrogens is 296 g/mol. The van der Waals surface area contributed by atoms with Gasteiger partial charge >= 0.3 is 0 Å². The Hall–Kier alpha value is -1.35. The van der Waals surface area contributed by atoms with E-state index < -0.39 is 0 Å². The third-order valence-electron chi connectivity index (χ3n) is 6.64. The summed E-state index contributed by atoms with van der Waals surface area (Å²) < 4.78 is 0. The van der Waals surface area contributed by atoms with Crippen LogP contribution in [0.3, 0.4) is 0 Å². The third-order valence-corrected chi connectivity index (χ3v) is 6.64. The van der Waals surface area contributed by atoms with Crippen LogP contribution >= 0.6 is 0 Å². The van der Waals surface area contributed by atoms with Crippen LogP contribution in [-0.2, 0) is 11.3 Å². The largest absolute Gasteiger partial charge is 0.351 e. The summed E-state index contributed by atoms with van der Waals surface area (Å²) in [5, 5.41) is 3.30. The van der Waals surface area contributed by atoms with Crippen molar-refractivity contribution in [3.8, 4) is 0 Å². The van der Waals surface area contributed by atoms with Crippen molar-refractivity contribution in [3.05, 3.63) is 35.9 Å². The van der Waals surface area contributed by atoms with Gasteiger partial charge < -0.3 is 10.2 Å². The molecule has 130 valence electrons. The zero-order valence-corrected chi connectivity index (χ0v) is 14.9. The molecular formula is C21H31N2O+. The standard InChI is InChI=1S/C21H30N2O/c1-23(13-16-5-3-2-4-6-16)14-20(24)22-15-21-10-17-7-18(11-21)9-19(8-17)12-21/h2-6,17-19H,7-15H2,1H3,(H,22,24)/p+1. The van der Waals surface area contributed by atoms with Gasteiger partial charge in [0, 0.05) is 12.1 Å². The summed E-state index contributed by atoms with van der Waals surface area (Å²) in [5.74, 6) is 3.10. The molecule has 4 saturated carbocycles. The van der Waals surface area contributed by atoms with E-state index in [0.717, 1.165) is 30.8 Å². The molecule has 0 aromatic heterocycles. The van der Waals surface area contributed by atoms with Crippen LogP contribution in [0.5, 0.6) is 0 Å². The van der Waals surface area contributed by atoms with Gasteiger partial charge in [0.15, 0.2) is 6.54 Å². The summed E-state index contributed by atoms with van der Waals surface area (Å²) in [4.78, 5) is 13.7. The van der Waals surface area contributed by atoms with Crippen LogP contribution in [0.1, 0.15) is 44.1 Å². The molecule has 24 heavy (non-hydrogen) atoms. The second-order valence-electron chi connectivity index (χ2n) is 8.99. The average Bonchev–Trinajstić information content (AvgIpc) is 2.53. The quantitative estimate of drug-likeness (QED) is 0.824. The van der Waals surface area contributed by atoms with Crippen LogP contribution in [0.4, 0.5) is 0 Å². The van der Waals surface area contributed by atoms with Crippen molar-refractivity contribution in [1.82, 2.24) is 5.32 Å². The molecule has 3 nitrogen and oxygen atoms in total. The summed E-state index contributed by atoms with van der Waals surface area (Å²) in [6.07, 6.45) is 8.51. The number of carbonyl (C=O) groups is 1. The molecule has 0 saturated heterocycles. The molecule has 4 aliphatic rings. The minimum Gasteiger partial charge on any atom is -0.351 e. The van der Waals surface area contributed by atoms with E-state index in [1.54, 1.807) is 0 Å².